The molecule has 0 aromatic carbocycles. The van der Waals surface area contributed by atoms with Crippen LogP contribution in [0.4, 0.5) is 13.2 Å². The minimum atomic E-state index is -4.35. The number of hydrogen-bond acceptors (Lipinski definition) is 2. The molecule has 19 heavy (non-hydrogen) atoms. The molecule has 1 aromatic rings. The molecule has 0 spiro atoms. The molecule has 0 radical (unpaired) electrons. The highest BCUT2D eigenvalue weighted by atomic mass is 19.4. The van der Waals surface area contributed by atoms with Gasteiger partial charge in [0.1, 0.15) is 5.69 Å². The second kappa shape index (κ2) is 5.90. The van der Waals surface area contributed by atoms with E-state index in [-0.39, 0.29) is 0 Å². The predicted molar refractivity (Wildman–Crippen MR) is 67.5 cm³/mol. The molecular formula is C14H19F3N2. The predicted octanol–water partition coefficient (Wildman–Crippen LogP) is 3.72. The highest BCUT2D eigenvalue weighted by Gasteiger charge is 2.32. The topological polar surface area (TPSA) is 16.1 Å². The van der Waals surface area contributed by atoms with E-state index in [1.807, 2.05) is 0 Å². The van der Waals surface area contributed by atoms with Crippen LogP contribution in [0.3, 0.4) is 0 Å². The van der Waals surface area contributed by atoms with Crippen LogP contribution in [0.1, 0.15) is 37.4 Å². The average molecular weight is 272 g/mol. The zero-order valence-electron chi connectivity index (χ0n) is 11.1. The van der Waals surface area contributed by atoms with Crippen LogP contribution >= 0.6 is 0 Å². The van der Waals surface area contributed by atoms with Crippen LogP contribution in [0.5, 0.6) is 0 Å². The number of hydrogen-bond donors (Lipinski definition) is 0. The maximum absolute atomic E-state index is 12.4. The van der Waals surface area contributed by atoms with Crippen molar-refractivity contribution in [2.75, 3.05) is 13.1 Å². The molecule has 1 aliphatic heterocycles. The molecule has 1 aromatic heterocycles. The van der Waals surface area contributed by atoms with Crippen LogP contribution in [-0.2, 0) is 12.7 Å². The monoisotopic (exact) mass is 272 g/mol. The summed E-state index contributed by atoms with van der Waals surface area (Å²) in [5, 5.41) is 0. The van der Waals surface area contributed by atoms with Gasteiger partial charge in [0.2, 0.25) is 0 Å². The summed E-state index contributed by atoms with van der Waals surface area (Å²) in [5.74, 6) is 0.807. The van der Waals surface area contributed by atoms with Crippen molar-refractivity contribution in [3.8, 4) is 0 Å². The van der Waals surface area contributed by atoms with Crippen molar-refractivity contribution in [2.45, 2.75) is 38.9 Å². The number of rotatable bonds is 3. The molecule has 2 nitrogen and oxygen atoms in total. The van der Waals surface area contributed by atoms with Gasteiger partial charge in [-0.3, -0.25) is 9.88 Å². The summed E-state index contributed by atoms with van der Waals surface area (Å²) in [6, 6.07) is 2.59. The largest absolute Gasteiger partial charge is 0.433 e. The molecule has 1 aliphatic rings. The molecule has 0 unspecified atom stereocenters. The van der Waals surface area contributed by atoms with Crippen LogP contribution in [0, 0.1) is 5.92 Å². The zero-order valence-corrected chi connectivity index (χ0v) is 11.1. The van der Waals surface area contributed by atoms with Gasteiger partial charge >= 0.3 is 6.18 Å². The van der Waals surface area contributed by atoms with E-state index in [1.165, 1.54) is 31.5 Å². The van der Waals surface area contributed by atoms with Gasteiger partial charge in [0, 0.05) is 12.7 Å². The third kappa shape index (κ3) is 3.93. The Bertz CT molecular complexity index is 392. The van der Waals surface area contributed by atoms with Crippen LogP contribution in [0.15, 0.2) is 18.3 Å². The van der Waals surface area contributed by atoms with E-state index in [0.717, 1.165) is 30.6 Å². The summed E-state index contributed by atoms with van der Waals surface area (Å²) < 4.78 is 37.2. The number of nitrogens with zero attached hydrogens (tertiary/aromatic N) is 2. The highest BCUT2D eigenvalue weighted by Crippen LogP contribution is 2.27. The van der Waals surface area contributed by atoms with E-state index < -0.39 is 11.9 Å². The first kappa shape index (κ1) is 14.3. The number of alkyl halides is 3. The highest BCUT2D eigenvalue weighted by molar-refractivity contribution is 5.16. The van der Waals surface area contributed by atoms with E-state index in [1.54, 1.807) is 0 Å². The van der Waals surface area contributed by atoms with Crippen LogP contribution in [0.2, 0.25) is 0 Å². The number of halogens is 3. The Morgan fingerprint density at radius 3 is 2.42 bits per heavy atom. The van der Waals surface area contributed by atoms with Crippen LogP contribution in [0.25, 0.3) is 0 Å². The van der Waals surface area contributed by atoms with Gasteiger partial charge in [0.05, 0.1) is 0 Å². The number of pyridine rings is 1. The summed E-state index contributed by atoms with van der Waals surface area (Å²) in [7, 11) is 0. The molecule has 0 bridgehead atoms. The number of likely N-dealkylation sites (tertiary alicyclic amines) is 1. The van der Waals surface area contributed by atoms with Crippen molar-refractivity contribution >= 4 is 0 Å². The lowest BCUT2D eigenvalue weighted by molar-refractivity contribution is -0.141. The lowest BCUT2D eigenvalue weighted by atomic mass is 9.94. The van der Waals surface area contributed by atoms with Gasteiger partial charge in [0.15, 0.2) is 0 Å². The maximum Gasteiger partial charge on any atom is 0.433 e. The van der Waals surface area contributed by atoms with E-state index >= 15 is 0 Å². The number of piperidine rings is 1. The maximum atomic E-state index is 12.4. The van der Waals surface area contributed by atoms with E-state index in [0.29, 0.717) is 6.54 Å². The van der Waals surface area contributed by atoms with Gasteiger partial charge in [-0.1, -0.05) is 19.4 Å². The van der Waals surface area contributed by atoms with Gasteiger partial charge in [0.25, 0.3) is 0 Å². The standard InChI is InChI=1S/C14H19F3N2/c1-2-11-5-7-19(8-6-11)10-12-3-4-13(18-9-12)14(15,16)17/h3-4,9,11H,2,5-8,10H2,1H3. The second-order valence-electron chi connectivity index (χ2n) is 5.18. The second-order valence-corrected chi connectivity index (χ2v) is 5.18. The van der Waals surface area contributed by atoms with Crippen LogP contribution in [-0.4, -0.2) is 23.0 Å². The molecule has 0 aliphatic carbocycles. The average Bonchev–Trinajstić information content (AvgIpc) is 2.39. The quantitative estimate of drug-likeness (QED) is 0.833. The Kier molecular flexibility index (Phi) is 4.45. The van der Waals surface area contributed by atoms with Crippen molar-refractivity contribution in [3.63, 3.8) is 0 Å². The van der Waals surface area contributed by atoms with Gasteiger partial charge in [-0.05, 0) is 43.5 Å². The molecule has 0 N–H and O–H groups in total. The van der Waals surface area contributed by atoms with Gasteiger partial charge in [-0.25, -0.2) is 0 Å². The van der Waals surface area contributed by atoms with Crippen molar-refractivity contribution < 1.29 is 13.2 Å². The Hall–Kier alpha value is -1.10. The molecule has 0 saturated carbocycles. The molecule has 2 heterocycles. The smallest absolute Gasteiger partial charge is 0.299 e. The molecule has 106 valence electrons. The molecule has 0 atom stereocenters. The summed E-state index contributed by atoms with van der Waals surface area (Å²) in [6.07, 6.45) is 0.581. The minimum absolute atomic E-state index is 0.696. The molecule has 1 fully saturated rings. The van der Waals surface area contributed by atoms with E-state index in [9.17, 15) is 13.2 Å². The van der Waals surface area contributed by atoms with Gasteiger partial charge in [-0.2, -0.15) is 13.2 Å². The summed E-state index contributed by atoms with van der Waals surface area (Å²) >= 11 is 0. The van der Waals surface area contributed by atoms with Gasteiger partial charge < -0.3 is 0 Å². The molecule has 1 saturated heterocycles. The van der Waals surface area contributed by atoms with Gasteiger partial charge in [-0.15, -0.1) is 0 Å². The zero-order chi connectivity index (χ0) is 13.9. The molecule has 0 amide bonds. The molecular weight excluding hydrogens is 253 g/mol. The van der Waals surface area contributed by atoms with Crippen molar-refractivity contribution in [1.29, 1.82) is 0 Å². The summed E-state index contributed by atoms with van der Waals surface area (Å²) in [4.78, 5) is 5.78. The van der Waals surface area contributed by atoms with Crippen molar-refractivity contribution in [3.05, 3.63) is 29.6 Å². The van der Waals surface area contributed by atoms with E-state index in [2.05, 4.69) is 16.8 Å². The summed E-state index contributed by atoms with van der Waals surface area (Å²) in [6.45, 7) is 4.96. The Balaban J connectivity index is 1.90. The molecule has 5 heteroatoms. The van der Waals surface area contributed by atoms with E-state index in [4.69, 9.17) is 0 Å². The molecule has 2 rings (SSSR count). The normalized spacial score (nSPS) is 18.7. The first-order chi connectivity index (χ1) is 8.99. The Morgan fingerprint density at radius 1 is 1.26 bits per heavy atom. The third-order valence-corrected chi connectivity index (χ3v) is 3.81. The minimum Gasteiger partial charge on any atom is -0.299 e. The fourth-order valence-corrected chi connectivity index (χ4v) is 2.50. The lowest BCUT2D eigenvalue weighted by Gasteiger charge is -2.31. The third-order valence-electron chi connectivity index (χ3n) is 3.81. The lowest BCUT2D eigenvalue weighted by Crippen LogP contribution is -2.33. The first-order valence-electron chi connectivity index (χ1n) is 6.73. The summed E-state index contributed by atoms with van der Waals surface area (Å²) in [5.41, 5.74) is 0.0314. The van der Waals surface area contributed by atoms with Crippen LogP contribution < -0.4 is 0 Å². The fourth-order valence-electron chi connectivity index (χ4n) is 2.50. The van der Waals surface area contributed by atoms with Crippen molar-refractivity contribution in [1.82, 2.24) is 9.88 Å². The fraction of sp³-hybridized carbons (Fsp3) is 0.643. The Labute approximate surface area is 111 Å². The number of aromatic nitrogens is 1. The van der Waals surface area contributed by atoms with Crippen molar-refractivity contribution in [2.24, 2.45) is 5.92 Å². The Morgan fingerprint density at radius 2 is 1.95 bits per heavy atom. The first-order valence-corrected chi connectivity index (χ1v) is 6.73. The SMILES string of the molecule is CCC1CCN(Cc2ccc(C(F)(F)F)nc2)CC1.